The Morgan fingerprint density at radius 1 is 1.00 bits per heavy atom. The van der Waals surface area contributed by atoms with Crippen LogP contribution in [0.2, 0.25) is 0 Å². The van der Waals surface area contributed by atoms with Crippen LogP contribution in [0.4, 0.5) is 5.69 Å². The number of amides is 1. The van der Waals surface area contributed by atoms with Gasteiger partial charge in [0.15, 0.2) is 0 Å². The van der Waals surface area contributed by atoms with E-state index < -0.39 is 11.2 Å². The van der Waals surface area contributed by atoms with Gasteiger partial charge >= 0.3 is 5.69 Å². The number of carbonyl (C=O) groups excluding carboxylic acids is 1. The lowest BCUT2D eigenvalue weighted by atomic mass is 10.2. The number of carbonyl (C=O) groups is 1. The van der Waals surface area contributed by atoms with Gasteiger partial charge in [-0.3, -0.25) is 18.7 Å². The molecule has 0 aliphatic rings. The SMILES string of the molecule is Cc1ccccc1NC(=O)Cn1c(=O)n(Cc2ccco2)c(=O)c2sc3ccccc3c21. The first-order valence-corrected chi connectivity index (χ1v) is 10.9. The summed E-state index contributed by atoms with van der Waals surface area (Å²) in [6.07, 6.45) is 1.49. The fraction of sp³-hybridized carbons (Fsp3) is 0.125. The predicted molar refractivity (Wildman–Crippen MR) is 125 cm³/mol. The number of aromatic nitrogens is 2. The number of fused-ring (bicyclic) bond motifs is 3. The maximum Gasteiger partial charge on any atom is 0.332 e. The molecule has 5 rings (SSSR count). The molecule has 0 fully saturated rings. The van der Waals surface area contributed by atoms with E-state index in [0.29, 0.717) is 21.7 Å². The van der Waals surface area contributed by atoms with E-state index >= 15 is 0 Å². The highest BCUT2D eigenvalue weighted by atomic mass is 32.1. The third-order valence-electron chi connectivity index (χ3n) is 5.36. The molecule has 8 heteroatoms. The quantitative estimate of drug-likeness (QED) is 0.444. The van der Waals surface area contributed by atoms with Gasteiger partial charge in [0, 0.05) is 15.8 Å². The number of hydrogen-bond donors (Lipinski definition) is 1. The van der Waals surface area contributed by atoms with E-state index in [1.807, 2.05) is 55.5 Å². The van der Waals surface area contributed by atoms with Crippen LogP contribution in [0.1, 0.15) is 11.3 Å². The molecule has 2 aromatic carbocycles. The molecule has 0 atom stereocenters. The lowest BCUT2D eigenvalue weighted by molar-refractivity contribution is -0.116. The molecule has 32 heavy (non-hydrogen) atoms. The molecule has 1 amide bonds. The lowest BCUT2D eigenvalue weighted by Crippen LogP contribution is -2.41. The Labute approximate surface area is 186 Å². The first kappa shape index (κ1) is 20.0. The minimum Gasteiger partial charge on any atom is -0.467 e. The van der Waals surface area contributed by atoms with Gasteiger partial charge in [0.1, 0.15) is 17.0 Å². The van der Waals surface area contributed by atoms with Gasteiger partial charge in [0.05, 0.1) is 18.3 Å². The Bertz CT molecular complexity index is 1570. The van der Waals surface area contributed by atoms with Gasteiger partial charge in [0.25, 0.3) is 5.56 Å². The summed E-state index contributed by atoms with van der Waals surface area (Å²) < 4.78 is 9.16. The monoisotopic (exact) mass is 445 g/mol. The van der Waals surface area contributed by atoms with Crippen LogP contribution in [0.5, 0.6) is 0 Å². The summed E-state index contributed by atoms with van der Waals surface area (Å²) in [5.74, 6) is 0.141. The van der Waals surface area contributed by atoms with Gasteiger partial charge in [0.2, 0.25) is 5.91 Å². The van der Waals surface area contributed by atoms with Crippen molar-refractivity contribution in [1.82, 2.24) is 9.13 Å². The molecule has 0 aliphatic carbocycles. The van der Waals surface area contributed by atoms with Gasteiger partial charge in [-0.1, -0.05) is 36.4 Å². The van der Waals surface area contributed by atoms with Gasteiger partial charge in [-0.15, -0.1) is 11.3 Å². The third kappa shape index (κ3) is 3.44. The second-order valence-corrected chi connectivity index (χ2v) is 8.53. The summed E-state index contributed by atoms with van der Waals surface area (Å²) in [5, 5.41) is 3.64. The summed E-state index contributed by atoms with van der Waals surface area (Å²) in [7, 11) is 0. The Morgan fingerprint density at radius 2 is 1.78 bits per heavy atom. The Balaban J connectivity index is 1.67. The van der Waals surface area contributed by atoms with Crippen LogP contribution >= 0.6 is 11.3 Å². The Kier molecular flexibility index (Phi) is 4.99. The van der Waals surface area contributed by atoms with E-state index in [4.69, 9.17) is 4.42 Å². The van der Waals surface area contributed by atoms with Crippen LogP contribution in [-0.2, 0) is 17.9 Å². The van der Waals surface area contributed by atoms with Gasteiger partial charge in [-0.25, -0.2) is 4.79 Å². The van der Waals surface area contributed by atoms with E-state index in [9.17, 15) is 14.4 Å². The number of furan rings is 1. The van der Waals surface area contributed by atoms with Crippen LogP contribution in [0.25, 0.3) is 20.3 Å². The third-order valence-corrected chi connectivity index (χ3v) is 6.50. The fourth-order valence-electron chi connectivity index (χ4n) is 3.79. The smallest absolute Gasteiger partial charge is 0.332 e. The first-order valence-electron chi connectivity index (χ1n) is 10.1. The second kappa shape index (κ2) is 7.97. The number of nitrogens with one attached hydrogen (secondary N) is 1. The van der Waals surface area contributed by atoms with Crippen LogP contribution in [0.3, 0.4) is 0 Å². The highest BCUT2D eigenvalue weighted by molar-refractivity contribution is 7.25. The van der Waals surface area contributed by atoms with Crippen molar-refractivity contribution in [3.8, 4) is 0 Å². The lowest BCUT2D eigenvalue weighted by Gasteiger charge is -2.13. The predicted octanol–water partition coefficient (Wildman–Crippen LogP) is 3.97. The van der Waals surface area contributed by atoms with Crippen molar-refractivity contribution >= 4 is 43.2 Å². The molecule has 5 aromatic rings. The molecule has 0 bridgehead atoms. The van der Waals surface area contributed by atoms with E-state index in [1.165, 1.54) is 22.2 Å². The molecule has 3 heterocycles. The van der Waals surface area contributed by atoms with E-state index in [2.05, 4.69) is 5.32 Å². The maximum absolute atomic E-state index is 13.4. The van der Waals surface area contributed by atoms with Crippen molar-refractivity contribution in [2.45, 2.75) is 20.0 Å². The summed E-state index contributed by atoms with van der Waals surface area (Å²) in [5.41, 5.74) is 1.14. The second-order valence-electron chi connectivity index (χ2n) is 7.48. The van der Waals surface area contributed by atoms with E-state index in [1.54, 1.807) is 12.1 Å². The van der Waals surface area contributed by atoms with E-state index in [0.717, 1.165) is 20.2 Å². The van der Waals surface area contributed by atoms with Crippen molar-refractivity contribution < 1.29 is 9.21 Å². The number of anilines is 1. The van der Waals surface area contributed by atoms with Crippen LogP contribution < -0.4 is 16.6 Å². The summed E-state index contributed by atoms with van der Waals surface area (Å²) >= 11 is 1.32. The maximum atomic E-state index is 13.4. The minimum atomic E-state index is -0.553. The standard InChI is InChI=1S/C24H19N3O4S/c1-15-7-2-4-10-18(15)25-20(28)14-26-21-17-9-3-5-11-19(17)32-22(21)23(29)27(24(26)30)13-16-8-6-12-31-16/h2-12H,13-14H2,1H3,(H,25,28). The Morgan fingerprint density at radius 3 is 2.56 bits per heavy atom. The molecule has 160 valence electrons. The van der Waals surface area contributed by atoms with Crippen LogP contribution in [0, 0.1) is 6.92 Å². The fourth-order valence-corrected chi connectivity index (χ4v) is 4.94. The average molecular weight is 446 g/mol. The molecule has 1 N–H and O–H groups in total. The highest BCUT2D eigenvalue weighted by Crippen LogP contribution is 2.31. The van der Waals surface area contributed by atoms with Crippen molar-refractivity contribution in [2.75, 3.05) is 5.32 Å². The zero-order chi connectivity index (χ0) is 22.2. The molecule has 7 nitrogen and oxygen atoms in total. The zero-order valence-electron chi connectivity index (χ0n) is 17.2. The number of aryl methyl sites for hydroxylation is 1. The van der Waals surface area contributed by atoms with Gasteiger partial charge in [-0.2, -0.15) is 0 Å². The highest BCUT2D eigenvalue weighted by Gasteiger charge is 2.20. The van der Waals surface area contributed by atoms with E-state index in [-0.39, 0.29) is 19.0 Å². The summed E-state index contributed by atoms with van der Waals surface area (Å²) in [6, 6.07) is 18.3. The number of hydrogen-bond acceptors (Lipinski definition) is 5. The van der Waals surface area contributed by atoms with Gasteiger partial charge < -0.3 is 9.73 Å². The number of para-hydroxylation sites is 1. The van der Waals surface area contributed by atoms with Crippen molar-refractivity contribution in [2.24, 2.45) is 0 Å². The molecule has 0 radical (unpaired) electrons. The molecule has 3 aromatic heterocycles. The molecular weight excluding hydrogens is 426 g/mol. The van der Waals surface area contributed by atoms with Crippen LogP contribution in [-0.4, -0.2) is 15.0 Å². The van der Waals surface area contributed by atoms with Gasteiger partial charge in [-0.05, 0) is 36.8 Å². The largest absolute Gasteiger partial charge is 0.467 e. The molecular formula is C24H19N3O4S. The summed E-state index contributed by atoms with van der Waals surface area (Å²) in [4.78, 5) is 39.6. The normalized spacial score (nSPS) is 11.3. The molecule has 0 unspecified atom stereocenters. The molecule has 0 saturated heterocycles. The molecule has 0 saturated carbocycles. The average Bonchev–Trinajstić information content (AvgIpc) is 3.44. The Hall–Kier alpha value is -3.91. The number of thiophene rings is 1. The zero-order valence-corrected chi connectivity index (χ0v) is 18.0. The molecule has 0 spiro atoms. The number of rotatable bonds is 5. The minimum absolute atomic E-state index is 0.00569. The van der Waals surface area contributed by atoms with Crippen molar-refractivity contribution in [3.05, 3.63) is 99.1 Å². The van der Waals surface area contributed by atoms with Crippen molar-refractivity contribution in [3.63, 3.8) is 0 Å². The summed E-state index contributed by atoms with van der Waals surface area (Å²) in [6.45, 7) is 1.67. The number of nitrogens with zero attached hydrogens (tertiary/aromatic N) is 2. The van der Waals surface area contributed by atoms with Crippen LogP contribution in [0.15, 0.2) is 80.9 Å². The topological polar surface area (TPSA) is 86.2 Å². The number of benzene rings is 2. The molecule has 0 aliphatic heterocycles. The first-order chi connectivity index (χ1) is 15.5. The van der Waals surface area contributed by atoms with Crippen molar-refractivity contribution in [1.29, 1.82) is 0 Å².